The quantitative estimate of drug-likeness (QED) is 0.652. The van der Waals surface area contributed by atoms with E-state index in [1.165, 1.54) is 26.9 Å². The smallest absolute Gasteiger partial charge is 0.279 e. The SMILES string of the molecule is Cc1ccccc1N=Nc1c2nn(C(=O)c3ccncc3)c1N(C)C(=O)N2C. The van der Waals surface area contributed by atoms with Crippen LogP contribution in [0.2, 0.25) is 0 Å². The summed E-state index contributed by atoms with van der Waals surface area (Å²) in [6.45, 7) is 1.93. The average Bonchev–Trinajstić information content (AvgIpc) is 3.06. The summed E-state index contributed by atoms with van der Waals surface area (Å²) in [7, 11) is 3.15. The van der Waals surface area contributed by atoms with E-state index in [0.29, 0.717) is 16.9 Å². The van der Waals surface area contributed by atoms with Gasteiger partial charge in [0.15, 0.2) is 17.3 Å². The number of azo groups is 1. The monoisotopic (exact) mass is 375 g/mol. The molecule has 140 valence electrons. The third kappa shape index (κ3) is 2.73. The van der Waals surface area contributed by atoms with E-state index in [2.05, 4.69) is 20.3 Å². The molecule has 28 heavy (non-hydrogen) atoms. The van der Waals surface area contributed by atoms with Gasteiger partial charge < -0.3 is 0 Å². The number of hydrogen-bond acceptors (Lipinski definition) is 6. The third-order valence-electron chi connectivity index (χ3n) is 4.52. The highest BCUT2D eigenvalue weighted by Crippen LogP contribution is 2.43. The van der Waals surface area contributed by atoms with Crippen LogP contribution in [0.4, 0.5) is 27.8 Å². The molecular weight excluding hydrogens is 358 g/mol. The van der Waals surface area contributed by atoms with Crippen LogP contribution in [-0.2, 0) is 0 Å². The molecule has 0 unspecified atom stereocenters. The largest absolute Gasteiger partial charge is 0.330 e. The van der Waals surface area contributed by atoms with Gasteiger partial charge in [-0.2, -0.15) is 9.80 Å². The fourth-order valence-electron chi connectivity index (χ4n) is 2.95. The van der Waals surface area contributed by atoms with Crippen LogP contribution < -0.4 is 9.80 Å². The van der Waals surface area contributed by atoms with Crippen LogP contribution in [0.25, 0.3) is 0 Å². The highest BCUT2D eigenvalue weighted by molar-refractivity contribution is 6.13. The Labute approximate surface area is 160 Å². The van der Waals surface area contributed by atoms with Crippen molar-refractivity contribution in [2.75, 3.05) is 23.9 Å². The number of hydrogen-bond donors (Lipinski definition) is 0. The molecule has 0 saturated heterocycles. The van der Waals surface area contributed by atoms with Gasteiger partial charge in [-0.05, 0) is 30.7 Å². The van der Waals surface area contributed by atoms with E-state index in [0.717, 1.165) is 5.56 Å². The van der Waals surface area contributed by atoms with Crippen molar-refractivity contribution in [3.63, 3.8) is 0 Å². The van der Waals surface area contributed by atoms with Gasteiger partial charge in [-0.1, -0.05) is 18.2 Å². The number of pyridine rings is 1. The molecule has 0 radical (unpaired) electrons. The van der Waals surface area contributed by atoms with Crippen molar-refractivity contribution in [2.45, 2.75) is 6.92 Å². The van der Waals surface area contributed by atoms with Crippen LogP contribution in [0.3, 0.4) is 0 Å². The van der Waals surface area contributed by atoms with Gasteiger partial charge in [-0.3, -0.25) is 19.6 Å². The average molecular weight is 375 g/mol. The molecule has 0 spiro atoms. The number of aryl methyl sites for hydroxylation is 1. The molecule has 9 heteroatoms. The highest BCUT2D eigenvalue weighted by Gasteiger charge is 2.37. The normalized spacial score (nSPS) is 13.5. The van der Waals surface area contributed by atoms with Gasteiger partial charge in [-0.15, -0.1) is 10.2 Å². The molecule has 2 amide bonds. The molecule has 9 nitrogen and oxygen atoms in total. The lowest BCUT2D eigenvalue weighted by Crippen LogP contribution is -2.41. The molecule has 3 aromatic rings. The Hall–Kier alpha value is -3.88. The molecule has 3 heterocycles. The minimum atomic E-state index is -0.383. The second-order valence-corrected chi connectivity index (χ2v) is 6.34. The number of fused-ring (bicyclic) bond motifs is 2. The van der Waals surface area contributed by atoms with Crippen LogP contribution >= 0.6 is 0 Å². The number of urea groups is 1. The van der Waals surface area contributed by atoms with E-state index in [1.54, 1.807) is 26.2 Å². The van der Waals surface area contributed by atoms with E-state index in [1.807, 2.05) is 31.2 Å². The number of nitrogens with zero attached hydrogens (tertiary/aromatic N) is 7. The molecule has 4 rings (SSSR count). The lowest BCUT2D eigenvalue weighted by molar-refractivity contribution is 0.0947. The summed E-state index contributed by atoms with van der Waals surface area (Å²) in [6.07, 6.45) is 3.05. The first-order valence-corrected chi connectivity index (χ1v) is 8.55. The Morgan fingerprint density at radius 2 is 1.71 bits per heavy atom. The number of carbonyl (C=O) groups is 2. The van der Waals surface area contributed by atoms with Crippen LogP contribution in [0.5, 0.6) is 0 Å². The minimum Gasteiger partial charge on any atom is -0.279 e. The Kier molecular flexibility index (Phi) is 4.19. The summed E-state index contributed by atoms with van der Waals surface area (Å²) in [5.41, 5.74) is 2.42. The zero-order chi connectivity index (χ0) is 19.8. The van der Waals surface area contributed by atoms with Crippen molar-refractivity contribution in [3.05, 3.63) is 59.9 Å². The zero-order valence-electron chi connectivity index (χ0n) is 15.6. The van der Waals surface area contributed by atoms with Crippen LogP contribution in [-0.4, -0.2) is 40.8 Å². The molecule has 1 aromatic carbocycles. The number of rotatable bonds is 3. The second kappa shape index (κ2) is 6.69. The van der Waals surface area contributed by atoms with Crippen molar-refractivity contribution in [1.29, 1.82) is 0 Å². The predicted molar refractivity (Wildman–Crippen MR) is 104 cm³/mol. The summed E-state index contributed by atoms with van der Waals surface area (Å²) >= 11 is 0. The molecule has 0 fully saturated rings. The first kappa shape index (κ1) is 17.5. The number of benzene rings is 1. The summed E-state index contributed by atoms with van der Waals surface area (Å²) < 4.78 is 1.18. The number of anilines is 2. The van der Waals surface area contributed by atoms with Crippen molar-refractivity contribution in [1.82, 2.24) is 14.8 Å². The fraction of sp³-hybridized carbons (Fsp3) is 0.158. The molecule has 0 saturated carbocycles. The lowest BCUT2D eigenvalue weighted by atomic mass is 10.2. The Balaban J connectivity index is 1.85. The summed E-state index contributed by atoms with van der Waals surface area (Å²) in [5, 5.41) is 13.0. The van der Waals surface area contributed by atoms with Crippen LogP contribution in [0, 0.1) is 6.92 Å². The van der Waals surface area contributed by atoms with Crippen molar-refractivity contribution >= 4 is 34.9 Å². The molecule has 0 aliphatic carbocycles. The van der Waals surface area contributed by atoms with Gasteiger partial charge in [0.25, 0.3) is 5.91 Å². The number of aromatic nitrogens is 3. The maximum Gasteiger partial charge on any atom is 0.330 e. The van der Waals surface area contributed by atoms with E-state index >= 15 is 0 Å². The van der Waals surface area contributed by atoms with Gasteiger partial charge in [0.05, 0.1) is 5.69 Å². The van der Waals surface area contributed by atoms with E-state index in [9.17, 15) is 9.59 Å². The van der Waals surface area contributed by atoms with Crippen molar-refractivity contribution in [3.8, 4) is 0 Å². The van der Waals surface area contributed by atoms with E-state index in [-0.39, 0.29) is 23.6 Å². The standard InChI is InChI=1S/C19H17N7O2/c1-12-6-4-5-7-14(12)21-22-15-16-23-26(17(15)25(3)19(28)24(16)2)18(27)13-8-10-20-11-9-13/h4-11H,1-3H3. The molecule has 2 bridgehead atoms. The topological polar surface area (TPSA) is 96.0 Å². The van der Waals surface area contributed by atoms with Gasteiger partial charge in [0, 0.05) is 32.1 Å². The van der Waals surface area contributed by atoms with E-state index in [4.69, 9.17) is 0 Å². The van der Waals surface area contributed by atoms with Crippen LogP contribution in [0.1, 0.15) is 15.9 Å². The minimum absolute atomic E-state index is 0.275. The molecule has 1 aliphatic heterocycles. The Bertz CT molecular complexity index is 1100. The summed E-state index contributed by atoms with van der Waals surface area (Å²) in [4.78, 5) is 32.0. The maximum atomic E-state index is 13.0. The van der Waals surface area contributed by atoms with Gasteiger partial charge in [0.2, 0.25) is 0 Å². The van der Waals surface area contributed by atoms with Gasteiger partial charge in [0.1, 0.15) is 0 Å². The van der Waals surface area contributed by atoms with E-state index < -0.39 is 0 Å². The number of amides is 2. The van der Waals surface area contributed by atoms with Crippen molar-refractivity contribution in [2.24, 2.45) is 10.2 Å². The fourth-order valence-corrected chi connectivity index (χ4v) is 2.95. The predicted octanol–water partition coefficient (Wildman–Crippen LogP) is 3.70. The molecule has 1 aliphatic rings. The summed E-state index contributed by atoms with van der Waals surface area (Å²) in [5.74, 6) is 0.168. The third-order valence-corrected chi connectivity index (χ3v) is 4.52. The molecular formula is C19H17N7O2. The lowest BCUT2D eigenvalue weighted by Gasteiger charge is -2.26. The molecule has 0 atom stereocenters. The van der Waals surface area contributed by atoms with Crippen molar-refractivity contribution < 1.29 is 9.59 Å². The highest BCUT2D eigenvalue weighted by atomic mass is 16.2. The zero-order valence-corrected chi connectivity index (χ0v) is 15.6. The first-order chi connectivity index (χ1) is 13.5. The summed E-state index contributed by atoms with van der Waals surface area (Å²) in [6, 6.07) is 10.4. The second-order valence-electron chi connectivity index (χ2n) is 6.34. The van der Waals surface area contributed by atoms with Crippen LogP contribution in [0.15, 0.2) is 59.0 Å². The Morgan fingerprint density at radius 3 is 2.43 bits per heavy atom. The maximum absolute atomic E-state index is 13.0. The first-order valence-electron chi connectivity index (χ1n) is 8.55. The Morgan fingerprint density at radius 1 is 1.00 bits per heavy atom. The molecule has 2 aromatic heterocycles. The number of carbonyl (C=O) groups excluding carboxylic acids is 2. The molecule has 0 N–H and O–H groups in total. The van der Waals surface area contributed by atoms with Gasteiger partial charge >= 0.3 is 6.03 Å². The van der Waals surface area contributed by atoms with Gasteiger partial charge in [-0.25, -0.2) is 4.79 Å².